The molecule has 2 saturated heterocycles. The van der Waals surface area contributed by atoms with E-state index in [-0.39, 0.29) is 5.91 Å². The number of carbonyl (C=O) groups is 1. The minimum atomic E-state index is -0.560. The van der Waals surface area contributed by atoms with Gasteiger partial charge in [0, 0.05) is 83.5 Å². The molecule has 260 valence electrons. The van der Waals surface area contributed by atoms with Gasteiger partial charge in [0.05, 0.1) is 36.3 Å². The zero-order chi connectivity index (χ0) is 33.6. The second-order valence-electron chi connectivity index (χ2n) is 13.8. The highest BCUT2D eigenvalue weighted by Crippen LogP contribution is 2.25. The van der Waals surface area contributed by atoms with E-state index in [1.807, 2.05) is 28.0 Å². The fourth-order valence-corrected chi connectivity index (χ4v) is 7.53. The Balaban J connectivity index is 0.000000265. The van der Waals surface area contributed by atoms with Crippen molar-refractivity contribution >= 4 is 11.6 Å². The summed E-state index contributed by atoms with van der Waals surface area (Å²) in [6.07, 6.45) is 13.8. The van der Waals surface area contributed by atoms with Gasteiger partial charge >= 0.3 is 0 Å². The SMILES string of the molecule is Nc1cnn(C2CCOCC2)c1.O=C1c2cc(Cc3cnn(C4CCOCC4)c3)ccc2CCN1CC(O)CN1CCc2ccccc2C1. The number of nitrogens with zero attached hydrogens (tertiary/aromatic N) is 6. The summed E-state index contributed by atoms with van der Waals surface area (Å²) >= 11 is 0. The number of ether oxygens (including phenoxy) is 2. The number of aromatic nitrogens is 4. The molecule has 1 atom stereocenters. The quantitative estimate of drug-likeness (QED) is 0.289. The highest BCUT2D eigenvalue weighted by Gasteiger charge is 2.28. The molecule has 0 aliphatic carbocycles. The lowest BCUT2D eigenvalue weighted by atomic mass is 9.94. The predicted octanol–water partition coefficient (Wildman–Crippen LogP) is 4.06. The maximum absolute atomic E-state index is 13.4. The monoisotopic (exact) mass is 667 g/mol. The summed E-state index contributed by atoms with van der Waals surface area (Å²) in [5.74, 6) is 0.0315. The first-order valence-electron chi connectivity index (χ1n) is 17.8. The van der Waals surface area contributed by atoms with Crippen LogP contribution in [0, 0.1) is 0 Å². The van der Waals surface area contributed by atoms with Crippen LogP contribution in [0.25, 0.3) is 0 Å². The molecule has 1 unspecified atom stereocenters. The van der Waals surface area contributed by atoms with Crippen LogP contribution in [0.1, 0.15) is 75.9 Å². The van der Waals surface area contributed by atoms with Gasteiger partial charge in [0.25, 0.3) is 5.91 Å². The average molecular weight is 668 g/mol. The number of anilines is 1. The van der Waals surface area contributed by atoms with Gasteiger partial charge < -0.3 is 25.2 Å². The average Bonchev–Trinajstić information content (AvgIpc) is 3.80. The lowest BCUT2D eigenvalue weighted by Gasteiger charge is -2.34. The fourth-order valence-electron chi connectivity index (χ4n) is 7.53. The van der Waals surface area contributed by atoms with Crippen molar-refractivity contribution in [1.29, 1.82) is 0 Å². The standard InChI is InChI=1S/C30H36N4O3.C8H13N3O/c35-28(20-32-11-7-24-3-1-2-4-26(24)19-32)21-33-12-8-25-6-5-22(16-29(25)30(33)36)15-23-17-31-34(18-23)27-9-13-37-14-10-27;9-7-5-10-11(6-7)8-1-3-12-4-2-8/h1-6,16-18,27-28,35H,7-15,19-21H2;5-6,8H,1-4,9H2. The van der Waals surface area contributed by atoms with Crippen molar-refractivity contribution in [3.63, 3.8) is 0 Å². The highest BCUT2D eigenvalue weighted by molar-refractivity contribution is 5.97. The Hall–Kier alpha value is -4.03. The summed E-state index contributed by atoms with van der Waals surface area (Å²) in [7, 11) is 0. The first kappa shape index (κ1) is 33.5. The molecule has 49 heavy (non-hydrogen) atoms. The molecule has 11 heteroatoms. The van der Waals surface area contributed by atoms with Gasteiger partial charge in [0.1, 0.15) is 0 Å². The normalized spacial score (nSPS) is 19.5. The predicted molar refractivity (Wildman–Crippen MR) is 187 cm³/mol. The minimum absolute atomic E-state index is 0.0315. The molecule has 3 N–H and O–H groups in total. The fraction of sp³-hybridized carbons (Fsp3) is 0.500. The lowest BCUT2D eigenvalue weighted by molar-refractivity contribution is 0.0492. The molecular formula is C38H49N7O4. The van der Waals surface area contributed by atoms with Crippen molar-refractivity contribution in [1.82, 2.24) is 29.4 Å². The number of benzene rings is 2. The van der Waals surface area contributed by atoms with Crippen molar-refractivity contribution in [2.45, 2.75) is 69.7 Å². The molecule has 0 spiro atoms. The molecule has 2 fully saturated rings. The molecule has 11 nitrogen and oxygen atoms in total. The molecule has 0 bridgehead atoms. The summed E-state index contributed by atoms with van der Waals surface area (Å²) in [6.45, 7) is 6.68. The Morgan fingerprint density at radius 3 is 2.18 bits per heavy atom. The van der Waals surface area contributed by atoms with Crippen LogP contribution < -0.4 is 5.73 Å². The molecule has 2 aromatic heterocycles. The van der Waals surface area contributed by atoms with E-state index < -0.39 is 6.10 Å². The Kier molecular flexibility index (Phi) is 10.7. The van der Waals surface area contributed by atoms with Crippen LogP contribution >= 0.6 is 0 Å². The Bertz CT molecular complexity index is 1690. The number of fused-ring (bicyclic) bond motifs is 2. The number of hydrogen-bond acceptors (Lipinski definition) is 8. The summed E-state index contributed by atoms with van der Waals surface area (Å²) in [6, 6.07) is 15.7. The van der Waals surface area contributed by atoms with Gasteiger partial charge in [0.2, 0.25) is 0 Å². The number of aliphatic hydroxyl groups excluding tert-OH is 1. The van der Waals surface area contributed by atoms with Crippen LogP contribution in [0.3, 0.4) is 0 Å². The minimum Gasteiger partial charge on any atom is -0.396 e. The van der Waals surface area contributed by atoms with E-state index in [1.54, 1.807) is 6.20 Å². The maximum atomic E-state index is 13.4. The summed E-state index contributed by atoms with van der Waals surface area (Å²) in [5.41, 5.74) is 13.2. The number of β-amino-alcohol motifs (C(OH)–C–C–N with tert-alkyl or cyclic N) is 1. The Morgan fingerprint density at radius 1 is 0.796 bits per heavy atom. The highest BCUT2D eigenvalue weighted by atomic mass is 16.5. The third-order valence-electron chi connectivity index (χ3n) is 10.3. The molecule has 4 aliphatic heterocycles. The second-order valence-corrected chi connectivity index (χ2v) is 13.8. The van der Waals surface area contributed by atoms with Gasteiger partial charge in [-0.2, -0.15) is 10.2 Å². The van der Waals surface area contributed by atoms with E-state index in [2.05, 4.69) is 62.4 Å². The van der Waals surface area contributed by atoms with Crippen molar-refractivity contribution in [3.8, 4) is 0 Å². The van der Waals surface area contributed by atoms with Gasteiger partial charge in [-0.25, -0.2) is 0 Å². The molecule has 4 aromatic rings. The maximum Gasteiger partial charge on any atom is 0.254 e. The van der Waals surface area contributed by atoms with Crippen LogP contribution in [0.2, 0.25) is 0 Å². The summed E-state index contributed by atoms with van der Waals surface area (Å²) < 4.78 is 14.7. The van der Waals surface area contributed by atoms with E-state index in [1.165, 1.54) is 11.1 Å². The molecule has 8 rings (SSSR count). The first-order chi connectivity index (χ1) is 24.0. The lowest BCUT2D eigenvalue weighted by Crippen LogP contribution is -2.46. The van der Waals surface area contributed by atoms with Gasteiger partial charge in [-0.15, -0.1) is 0 Å². The van der Waals surface area contributed by atoms with Crippen LogP contribution in [0.5, 0.6) is 0 Å². The molecule has 6 heterocycles. The van der Waals surface area contributed by atoms with Crippen LogP contribution in [0.4, 0.5) is 5.69 Å². The van der Waals surface area contributed by atoms with Crippen molar-refractivity contribution in [3.05, 3.63) is 101 Å². The third-order valence-corrected chi connectivity index (χ3v) is 10.3. The second kappa shape index (κ2) is 15.7. The molecule has 0 saturated carbocycles. The zero-order valence-corrected chi connectivity index (χ0v) is 28.3. The number of rotatable bonds is 8. The smallest absolute Gasteiger partial charge is 0.254 e. The number of nitrogen functional groups attached to an aromatic ring is 1. The largest absolute Gasteiger partial charge is 0.396 e. The number of amides is 1. The molecule has 0 radical (unpaired) electrons. The van der Waals surface area contributed by atoms with Gasteiger partial charge in [-0.1, -0.05) is 36.4 Å². The number of hydrogen-bond donors (Lipinski definition) is 2. The zero-order valence-electron chi connectivity index (χ0n) is 28.3. The topological polar surface area (TPSA) is 124 Å². The van der Waals surface area contributed by atoms with Crippen LogP contribution in [-0.4, -0.2) is 99.1 Å². The molecular weight excluding hydrogens is 618 g/mol. The molecule has 2 aromatic carbocycles. The van der Waals surface area contributed by atoms with E-state index in [0.29, 0.717) is 31.7 Å². The van der Waals surface area contributed by atoms with E-state index in [4.69, 9.17) is 15.2 Å². The third kappa shape index (κ3) is 8.41. The summed E-state index contributed by atoms with van der Waals surface area (Å²) in [5, 5.41) is 19.6. The van der Waals surface area contributed by atoms with Crippen LogP contribution in [-0.2, 0) is 35.3 Å². The van der Waals surface area contributed by atoms with Crippen LogP contribution in [0.15, 0.2) is 67.3 Å². The van der Waals surface area contributed by atoms with E-state index in [0.717, 1.165) is 112 Å². The number of carbonyl (C=O) groups excluding carboxylic acids is 1. The molecule has 4 aliphatic rings. The summed E-state index contributed by atoms with van der Waals surface area (Å²) in [4.78, 5) is 17.5. The van der Waals surface area contributed by atoms with Crippen molar-refractivity contribution in [2.75, 3.05) is 58.3 Å². The van der Waals surface area contributed by atoms with Crippen molar-refractivity contribution in [2.24, 2.45) is 0 Å². The number of nitrogens with two attached hydrogens (primary N) is 1. The van der Waals surface area contributed by atoms with E-state index >= 15 is 0 Å². The molecule has 1 amide bonds. The van der Waals surface area contributed by atoms with Gasteiger partial charge in [-0.05, 0) is 72.4 Å². The number of aliphatic hydroxyl groups is 1. The van der Waals surface area contributed by atoms with E-state index in [9.17, 15) is 9.90 Å². The van der Waals surface area contributed by atoms with Crippen molar-refractivity contribution < 1.29 is 19.4 Å². The van der Waals surface area contributed by atoms with Gasteiger partial charge in [-0.3, -0.25) is 19.1 Å². The first-order valence-corrected chi connectivity index (χ1v) is 17.8. The Morgan fingerprint density at radius 2 is 1.47 bits per heavy atom. The Labute approximate surface area is 288 Å². The van der Waals surface area contributed by atoms with Gasteiger partial charge in [0.15, 0.2) is 0 Å².